The number of aliphatic imine (C=N–C) groups is 1. The number of pyridine rings is 1. The summed E-state index contributed by atoms with van der Waals surface area (Å²) in [5.74, 6) is 1.15. The van der Waals surface area contributed by atoms with Gasteiger partial charge in [-0.05, 0) is 25.3 Å². The molecule has 3 aromatic rings. The fraction of sp³-hybridized carbons (Fsp3) is 0.296. The molecule has 0 radical (unpaired) electrons. The first kappa shape index (κ1) is 28.5. The van der Waals surface area contributed by atoms with Crippen molar-refractivity contribution < 1.29 is 4.74 Å². The Morgan fingerprint density at radius 1 is 1.00 bits per heavy atom. The second-order valence-corrected chi connectivity index (χ2v) is 5.60. The molecule has 2 aromatic heterocycles. The highest BCUT2D eigenvalue weighted by Crippen LogP contribution is 2.22. The number of allylic oxidation sites excluding steroid dienone is 3. The van der Waals surface area contributed by atoms with Gasteiger partial charge in [0.1, 0.15) is 0 Å². The summed E-state index contributed by atoms with van der Waals surface area (Å²) in [5.41, 5.74) is 3.06. The number of hydrogen-bond acceptors (Lipinski definition) is 4. The molecule has 0 spiro atoms. The Morgan fingerprint density at radius 2 is 1.69 bits per heavy atom. The van der Waals surface area contributed by atoms with Crippen molar-refractivity contribution in [3.05, 3.63) is 90.7 Å². The zero-order chi connectivity index (χ0) is 24.2. The maximum Gasteiger partial charge on any atom is 0.222 e. The van der Waals surface area contributed by atoms with E-state index in [1.165, 1.54) is 5.56 Å². The van der Waals surface area contributed by atoms with Crippen LogP contribution in [0.15, 0.2) is 84.5 Å². The van der Waals surface area contributed by atoms with Crippen LogP contribution in [0.3, 0.4) is 0 Å². The summed E-state index contributed by atoms with van der Waals surface area (Å²) in [4.78, 5) is 12.4. The standard InChI is InChI=1S/C21H20N4O.3C2H6/c1-3-7-18(12-22-2)19-10-11-20(24-13-19)26-21-14-23-16-25(21)15-17-8-5-4-6-9-17;3*1-2/h3-14,16H,2,15H2,1H3;3*1-2H3/b7-3-,18-12+;;;. The van der Waals surface area contributed by atoms with E-state index in [9.17, 15) is 0 Å². The Balaban J connectivity index is 0.00000148. The van der Waals surface area contributed by atoms with Crippen LogP contribution in [0, 0.1) is 0 Å². The molecular weight excluding hydrogens is 396 g/mol. The fourth-order valence-electron chi connectivity index (χ4n) is 2.50. The molecule has 0 atom stereocenters. The van der Waals surface area contributed by atoms with Gasteiger partial charge in [0.25, 0.3) is 0 Å². The highest BCUT2D eigenvalue weighted by Gasteiger charge is 2.07. The minimum atomic E-state index is 0.509. The fourth-order valence-corrected chi connectivity index (χ4v) is 2.50. The first-order valence-electron chi connectivity index (χ1n) is 11.3. The van der Waals surface area contributed by atoms with Crippen molar-refractivity contribution in [2.75, 3.05) is 0 Å². The van der Waals surface area contributed by atoms with E-state index in [1.807, 2.05) is 95.5 Å². The van der Waals surface area contributed by atoms with Crippen molar-refractivity contribution in [3.8, 4) is 11.8 Å². The lowest BCUT2D eigenvalue weighted by Crippen LogP contribution is -2.01. The van der Waals surface area contributed by atoms with E-state index in [2.05, 4.69) is 33.8 Å². The molecule has 0 amide bonds. The number of ether oxygens (including phenoxy) is 1. The summed E-state index contributed by atoms with van der Waals surface area (Å²) in [6.45, 7) is 18.1. The number of hydrogen-bond donors (Lipinski definition) is 0. The van der Waals surface area contributed by atoms with Gasteiger partial charge in [-0.2, -0.15) is 0 Å². The average Bonchev–Trinajstić information content (AvgIpc) is 3.30. The molecule has 0 N–H and O–H groups in total. The predicted octanol–water partition coefficient (Wildman–Crippen LogP) is 7.81. The quantitative estimate of drug-likeness (QED) is 0.281. The van der Waals surface area contributed by atoms with Crippen LogP contribution in [0.25, 0.3) is 5.57 Å². The maximum absolute atomic E-state index is 5.89. The maximum atomic E-state index is 5.89. The summed E-state index contributed by atoms with van der Waals surface area (Å²) in [7, 11) is 0. The van der Waals surface area contributed by atoms with Crippen LogP contribution in [-0.4, -0.2) is 21.3 Å². The summed E-state index contributed by atoms with van der Waals surface area (Å²) < 4.78 is 7.83. The zero-order valence-electron chi connectivity index (χ0n) is 20.6. The Kier molecular flexibility index (Phi) is 16.3. The number of rotatable bonds is 7. The Morgan fingerprint density at radius 3 is 2.25 bits per heavy atom. The van der Waals surface area contributed by atoms with Gasteiger partial charge in [-0.1, -0.05) is 84.0 Å². The molecule has 0 aliphatic heterocycles. The van der Waals surface area contributed by atoms with E-state index in [0.29, 0.717) is 18.3 Å². The monoisotopic (exact) mass is 434 g/mol. The van der Waals surface area contributed by atoms with E-state index < -0.39 is 0 Å². The highest BCUT2D eigenvalue weighted by atomic mass is 16.5. The van der Waals surface area contributed by atoms with E-state index in [4.69, 9.17) is 4.74 Å². The molecule has 32 heavy (non-hydrogen) atoms. The van der Waals surface area contributed by atoms with Crippen LogP contribution in [0.2, 0.25) is 0 Å². The zero-order valence-corrected chi connectivity index (χ0v) is 20.6. The van der Waals surface area contributed by atoms with E-state index in [0.717, 1.165) is 11.1 Å². The molecule has 5 nitrogen and oxygen atoms in total. The van der Waals surface area contributed by atoms with Gasteiger partial charge in [-0.15, -0.1) is 0 Å². The van der Waals surface area contributed by atoms with Gasteiger partial charge in [0.15, 0.2) is 0 Å². The van der Waals surface area contributed by atoms with E-state index in [1.54, 1.807) is 24.9 Å². The first-order valence-corrected chi connectivity index (χ1v) is 11.3. The van der Waals surface area contributed by atoms with Crippen molar-refractivity contribution in [2.45, 2.75) is 55.0 Å². The lowest BCUT2D eigenvalue weighted by molar-refractivity contribution is 0.420. The van der Waals surface area contributed by atoms with Crippen LogP contribution < -0.4 is 4.74 Å². The van der Waals surface area contributed by atoms with Gasteiger partial charge in [0.2, 0.25) is 11.8 Å². The lowest BCUT2D eigenvalue weighted by Gasteiger charge is -2.09. The van der Waals surface area contributed by atoms with Gasteiger partial charge in [0.05, 0.1) is 19.1 Å². The molecule has 3 rings (SSSR count). The summed E-state index contributed by atoms with van der Waals surface area (Å²) in [6, 6.07) is 13.9. The van der Waals surface area contributed by atoms with Crippen molar-refractivity contribution in [3.63, 3.8) is 0 Å². The summed E-state index contributed by atoms with van der Waals surface area (Å²) in [5, 5.41) is 0. The smallest absolute Gasteiger partial charge is 0.222 e. The molecule has 0 bridgehead atoms. The Bertz CT molecular complexity index is 910. The molecule has 0 aliphatic rings. The van der Waals surface area contributed by atoms with Gasteiger partial charge in [0, 0.05) is 29.6 Å². The van der Waals surface area contributed by atoms with Crippen molar-refractivity contribution in [1.82, 2.24) is 14.5 Å². The third-order valence-corrected chi connectivity index (χ3v) is 3.73. The molecule has 1 aromatic carbocycles. The molecule has 0 fully saturated rings. The van der Waals surface area contributed by atoms with Gasteiger partial charge < -0.3 is 4.74 Å². The molecule has 0 aliphatic carbocycles. The van der Waals surface area contributed by atoms with Crippen LogP contribution in [-0.2, 0) is 6.54 Å². The number of aromatic nitrogens is 3. The molecule has 5 heteroatoms. The first-order chi connectivity index (χ1) is 15.8. The van der Waals surface area contributed by atoms with E-state index >= 15 is 0 Å². The summed E-state index contributed by atoms with van der Waals surface area (Å²) >= 11 is 0. The Hall–Kier alpha value is -3.47. The largest absolute Gasteiger partial charge is 0.421 e. The Labute approximate surface area is 194 Å². The predicted molar refractivity (Wildman–Crippen MR) is 138 cm³/mol. The number of imidazole rings is 1. The van der Waals surface area contributed by atoms with Crippen LogP contribution >= 0.6 is 0 Å². The van der Waals surface area contributed by atoms with Gasteiger partial charge in [-0.25, -0.2) is 9.97 Å². The third kappa shape index (κ3) is 9.56. The lowest BCUT2D eigenvalue weighted by atomic mass is 10.1. The van der Waals surface area contributed by atoms with E-state index in [-0.39, 0.29) is 0 Å². The van der Waals surface area contributed by atoms with Crippen LogP contribution in [0.1, 0.15) is 59.6 Å². The highest BCUT2D eigenvalue weighted by molar-refractivity contribution is 5.73. The van der Waals surface area contributed by atoms with Crippen LogP contribution in [0.4, 0.5) is 0 Å². The molecular formula is C27H38N4O. The molecule has 0 saturated carbocycles. The molecule has 0 unspecified atom stereocenters. The molecule has 172 valence electrons. The second-order valence-electron chi connectivity index (χ2n) is 5.60. The minimum absolute atomic E-state index is 0.509. The topological polar surface area (TPSA) is 52.3 Å². The molecule has 2 heterocycles. The van der Waals surface area contributed by atoms with Crippen molar-refractivity contribution in [2.24, 2.45) is 4.99 Å². The molecule has 0 saturated heterocycles. The summed E-state index contributed by atoms with van der Waals surface area (Å²) in [6.07, 6.45) is 10.8. The third-order valence-electron chi connectivity index (χ3n) is 3.73. The van der Waals surface area contributed by atoms with Crippen LogP contribution in [0.5, 0.6) is 11.8 Å². The van der Waals surface area contributed by atoms with Crippen molar-refractivity contribution in [1.29, 1.82) is 0 Å². The second kappa shape index (κ2) is 18.3. The van der Waals surface area contributed by atoms with Crippen molar-refractivity contribution >= 4 is 12.3 Å². The van der Waals surface area contributed by atoms with Gasteiger partial charge in [-0.3, -0.25) is 9.56 Å². The SMILES string of the molecule is C=N/C=C(\C=C/C)c1ccc(Oc2cncn2Cc2ccccc2)nc1.CC.CC.CC. The number of nitrogens with zero attached hydrogens (tertiary/aromatic N) is 4. The minimum Gasteiger partial charge on any atom is -0.421 e. The van der Waals surface area contributed by atoms with Gasteiger partial charge >= 0.3 is 0 Å². The number of benzene rings is 1. The normalized spacial score (nSPS) is 10.0. The average molecular weight is 435 g/mol.